The maximum absolute atomic E-state index is 12.3. The summed E-state index contributed by atoms with van der Waals surface area (Å²) in [6.45, 7) is 1.36. The van der Waals surface area contributed by atoms with Gasteiger partial charge in [-0.2, -0.15) is 0 Å². The van der Waals surface area contributed by atoms with E-state index >= 15 is 0 Å². The van der Waals surface area contributed by atoms with Gasteiger partial charge in [0.2, 0.25) is 0 Å². The first-order valence-electron chi connectivity index (χ1n) is 11.6. The molecule has 0 spiro atoms. The van der Waals surface area contributed by atoms with E-state index in [0.29, 0.717) is 16.7 Å². The highest BCUT2D eigenvalue weighted by Gasteiger charge is 2.15. The molecule has 34 heavy (non-hydrogen) atoms. The molecule has 0 saturated carbocycles. The number of unbranched alkanes of at least 4 members (excludes halogenated alkanes) is 5. The standard InChI is InChI=1S/C26H34N3O4.HI/c1-29(2,3)24-12-10-11-22(20-24)26(30)33-18-9-7-5-4-6-8-16-27-17-15-21-19-23(28(31)32)13-14-25(21)27;/h10-15,17,19-20H,4-9,16,18H2,1-3H3;1H/q+1;/p-1. The SMILES string of the molecule is C[N+](C)(C)c1cccc(C(=O)OCCCCCCCCn2ccc3cc([N+](=O)[O-])ccc32)c1.[I-]. The Morgan fingerprint density at radius 1 is 0.971 bits per heavy atom. The molecule has 2 aromatic carbocycles. The number of esters is 1. The molecule has 0 atom stereocenters. The molecule has 3 rings (SSSR count). The van der Waals surface area contributed by atoms with E-state index < -0.39 is 0 Å². The number of ether oxygens (including phenoxy) is 1. The van der Waals surface area contributed by atoms with E-state index in [1.165, 1.54) is 0 Å². The van der Waals surface area contributed by atoms with Gasteiger partial charge >= 0.3 is 5.97 Å². The second-order valence-electron chi connectivity index (χ2n) is 9.33. The molecular formula is C26H34IN3O4. The first-order valence-corrected chi connectivity index (χ1v) is 11.6. The Labute approximate surface area is 218 Å². The highest BCUT2D eigenvalue weighted by molar-refractivity contribution is 5.90. The summed E-state index contributed by atoms with van der Waals surface area (Å²) < 4.78 is 8.26. The number of carbonyl (C=O) groups excluding carboxylic acids is 1. The number of nitro benzene ring substituents is 1. The first-order chi connectivity index (χ1) is 15.8. The van der Waals surface area contributed by atoms with E-state index in [4.69, 9.17) is 4.74 Å². The Bertz CT molecular complexity index is 1100. The maximum Gasteiger partial charge on any atom is 0.338 e. The fraction of sp³-hybridized carbons (Fsp3) is 0.423. The zero-order valence-electron chi connectivity index (χ0n) is 20.2. The molecule has 1 heterocycles. The summed E-state index contributed by atoms with van der Waals surface area (Å²) in [6.07, 6.45) is 8.38. The summed E-state index contributed by atoms with van der Waals surface area (Å²) >= 11 is 0. The van der Waals surface area contributed by atoms with E-state index in [1.807, 2.05) is 36.5 Å². The number of aryl methyl sites for hydroxylation is 1. The number of nitrogens with zero attached hydrogens (tertiary/aromatic N) is 3. The summed E-state index contributed by atoms with van der Waals surface area (Å²) in [7, 11) is 6.21. The molecule has 0 amide bonds. The van der Waals surface area contributed by atoms with Gasteiger partial charge in [-0.15, -0.1) is 0 Å². The number of aromatic nitrogens is 1. The summed E-state index contributed by atoms with van der Waals surface area (Å²) in [4.78, 5) is 22.8. The van der Waals surface area contributed by atoms with E-state index in [0.717, 1.165) is 61.7 Å². The minimum absolute atomic E-state index is 0. The smallest absolute Gasteiger partial charge is 0.338 e. The van der Waals surface area contributed by atoms with Crippen LogP contribution in [0.4, 0.5) is 11.4 Å². The lowest BCUT2D eigenvalue weighted by molar-refractivity contribution is -0.384. The third-order valence-corrected chi connectivity index (χ3v) is 5.85. The molecule has 0 aliphatic heterocycles. The van der Waals surface area contributed by atoms with Crippen LogP contribution < -0.4 is 28.5 Å². The Hall–Kier alpha value is -2.46. The molecule has 0 unspecified atom stereocenters. The van der Waals surface area contributed by atoms with Gasteiger partial charge in [-0.1, -0.05) is 31.7 Å². The van der Waals surface area contributed by atoms with Gasteiger partial charge in [-0.05, 0) is 37.1 Å². The number of fused-ring (bicyclic) bond motifs is 1. The average Bonchev–Trinajstić information content (AvgIpc) is 3.19. The van der Waals surface area contributed by atoms with Gasteiger partial charge < -0.3 is 33.3 Å². The third-order valence-electron chi connectivity index (χ3n) is 5.85. The van der Waals surface area contributed by atoms with Crippen molar-refractivity contribution < 1.29 is 38.4 Å². The molecule has 0 aliphatic carbocycles. The number of benzene rings is 2. The van der Waals surface area contributed by atoms with Gasteiger partial charge in [-0.25, -0.2) is 4.79 Å². The largest absolute Gasteiger partial charge is 1.00 e. The first kappa shape index (κ1) is 27.8. The Kier molecular flexibility index (Phi) is 10.5. The van der Waals surface area contributed by atoms with Crippen molar-refractivity contribution in [1.82, 2.24) is 9.05 Å². The molecule has 3 aromatic rings. The lowest BCUT2D eigenvalue weighted by Gasteiger charge is -2.23. The molecule has 0 radical (unpaired) electrons. The van der Waals surface area contributed by atoms with Crippen LogP contribution in [0, 0.1) is 10.1 Å². The van der Waals surface area contributed by atoms with Crippen molar-refractivity contribution in [2.75, 3.05) is 27.7 Å². The Morgan fingerprint density at radius 3 is 2.38 bits per heavy atom. The molecule has 0 fully saturated rings. The second-order valence-corrected chi connectivity index (χ2v) is 9.33. The van der Waals surface area contributed by atoms with Crippen LogP contribution in [0.1, 0.15) is 48.9 Å². The number of rotatable bonds is 12. The molecule has 0 aliphatic rings. The van der Waals surface area contributed by atoms with Crippen LogP contribution in [0.3, 0.4) is 0 Å². The molecular weight excluding hydrogens is 545 g/mol. The predicted octanol–water partition coefficient (Wildman–Crippen LogP) is 2.95. The zero-order chi connectivity index (χ0) is 23.8. The van der Waals surface area contributed by atoms with Gasteiger partial charge in [0, 0.05) is 41.8 Å². The minimum atomic E-state index is -0.360. The highest BCUT2D eigenvalue weighted by Crippen LogP contribution is 2.23. The maximum atomic E-state index is 12.3. The van der Waals surface area contributed by atoms with Crippen LogP contribution in [-0.4, -0.2) is 43.2 Å². The van der Waals surface area contributed by atoms with Crippen molar-refractivity contribution in [3.63, 3.8) is 0 Å². The third kappa shape index (κ3) is 7.80. The van der Waals surface area contributed by atoms with Crippen LogP contribution >= 0.6 is 0 Å². The van der Waals surface area contributed by atoms with Crippen molar-refractivity contribution in [3.8, 4) is 0 Å². The Morgan fingerprint density at radius 2 is 1.68 bits per heavy atom. The summed E-state index contributed by atoms with van der Waals surface area (Å²) in [5.74, 6) is -0.255. The number of carbonyl (C=O) groups is 1. The number of quaternary nitrogens is 1. The van der Waals surface area contributed by atoms with E-state index in [9.17, 15) is 14.9 Å². The summed E-state index contributed by atoms with van der Waals surface area (Å²) in [6, 6.07) is 14.6. The molecule has 7 nitrogen and oxygen atoms in total. The van der Waals surface area contributed by atoms with Crippen LogP contribution in [0.15, 0.2) is 54.7 Å². The number of non-ortho nitro benzene ring substituents is 1. The Balaban J connectivity index is 0.00000408. The van der Waals surface area contributed by atoms with Gasteiger partial charge in [0.05, 0.1) is 38.2 Å². The van der Waals surface area contributed by atoms with Gasteiger partial charge in [0.25, 0.3) is 5.69 Å². The predicted molar refractivity (Wildman–Crippen MR) is 133 cm³/mol. The topological polar surface area (TPSA) is 74.4 Å². The van der Waals surface area contributed by atoms with Gasteiger partial charge in [-0.3, -0.25) is 14.6 Å². The molecule has 8 heteroatoms. The lowest BCUT2D eigenvalue weighted by atomic mass is 10.1. The van der Waals surface area contributed by atoms with Crippen molar-refractivity contribution in [2.45, 2.75) is 45.1 Å². The number of halogens is 1. The molecule has 0 bridgehead atoms. The van der Waals surface area contributed by atoms with Gasteiger partial charge in [0.15, 0.2) is 0 Å². The average molecular weight is 579 g/mol. The molecule has 1 aromatic heterocycles. The van der Waals surface area contributed by atoms with Crippen LogP contribution in [0.5, 0.6) is 0 Å². The van der Waals surface area contributed by atoms with E-state index in [1.54, 1.807) is 18.2 Å². The van der Waals surface area contributed by atoms with Gasteiger partial charge in [0.1, 0.15) is 5.69 Å². The monoisotopic (exact) mass is 579 g/mol. The van der Waals surface area contributed by atoms with E-state index in [2.05, 4.69) is 25.7 Å². The molecule has 184 valence electrons. The van der Waals surface area contributed by atoms with Crippen molar-refractivity contribution >= 4 is 28.2 Å². The highest BCUT2D eigenvalue weighted by atomic mass is 127. The number of nitro groups is 1. The minimum Gasteiger partial charge on any atom is -1.00 e. The van der Waals surface area contributed by atoms with Crippen LogP contribution in [-0.2, 0) is 11.3 Å². The number of hydrogen-bond acceptors (Lipinski definition) is 4. The summed E-state index contributed by atoms with van der Waals surface area (Å²) in [5, 5.41) is 11.8. The lowest BCUT2D eigenvalue weighted by Crippen LogP contribution is -3.00. The molecule has 0 saturated heterocycles. The zero-order valence-corrected chi connectivity index (χ0v) is 22.4. The van der Waals surface area contributed by atoms with Crippen molar-refractivity contribution in [1.29, 1.82) is 0 Å². The van der Waals surface area contributed by atoms with Crippen LogP contribution in [0.25, 0.3) is 10.9 Å². The van der Waals surface area contributed by atoms with E-state index in [-0.39, 0.29) is 40.6 Å². The van der Waals surface area contributed by atoms with Crippen molar-refractivity contribution in [2.24, 2.45) is 0 Å². The number of hydrogen-bond donors (Lipinski definition) is 0. The summed E-state index contributed by atoms with van der Waals surface area (Å²) in [5.41, 5.74) is 2.84. The fourth-order valence-corrected chi connectivity index (χ4v) is 3.89. The quantitative estimate of drug-likeness (QED) is 0.0827. The molecule has 0 N–H and O–H groups in total. The second kappa shape index (κ2) is 12.9. The normalized spacial score (nSPS) is 11.3. The van der Waals surface area contributed by atoms with Crippen LogP contribution in [0.2, 0.25) is 0 Å². The fourth-order valence-electron chi connectivity index (χ4n) is 3.89. The van der Waals surface area contributed by atoms with Crippen molar-refractivity contribution in [3.05, 3.63) is 70.4 Å².